The van der Waals surface area contributed by atoms with Crippen molar-refractivity contribution in [1.29, 1.82) is 0 Å². The van der Waals surface area contributed by atoms with Crippen LogP contribution in [0.2, 0.25) is 0 Å². The van der Waals surface area contributed by atoms with E-state index in [1.54, 1.807) is 6.92 Å². The molecule has 2 N–H and O–H groups in total. The van der Waals surface area contributed by atoms with Crippen LogP contribution in [0, 0.1) is 11.3 Å². The lowest BCUT2D eigenvalue weighted by molar-refractivity contribution is -0.127. The minimum Gasteiger partial charge on any atom is -0.393 e. The summed E-state index contributed by atoms with van der Waals surface area (Å²) in [6, 6.07) is 9.95. The smallest absolute Gasteiger partial charge is 0.223 e. The second kappa shape index (κ2) is 10.5. The third-order valence-electron chi connectivity index (χ3n) is 6.10. The average Bonchev–Trinajstić information content (AvgIpc) is 2.71. The fraction of sp³-hybridized carbons (Fsp3) is 0.682. The fourth-order valence-corrected chi connectivity index (χ4v) is 5.38. The highest BCUT2D eigenvalue weighted by atomic mass is 32.2. The Morgan fingerprint density at radius 1 is 1.28 bits per heavy atom. The van der Waals surface area contributed by atoms with Crippen molar-refractivity contribution < 1.29 is 18.3 Å². The molecule has 7 heteroatoms. The molecule has 1 aromatic rings. The van der Waals surface area contributed by atoms with Crippen molar-refractivity contribution >= 4 is 15.9 Å². The van der Waals surface area contributed by atoms with Crippen LogP contribution in [0.15, 0.2) is 30.3 Å². The minimum atomic E-state index is -3.21. The minimum absolute atomic E-state index is 0.0458. The maximum Gasteiger partial charge on any atom is 0.223 e. The molecule has 0 aliphatic carbocycles. The van der Waals surface area contributed by atoms with Crippen molar-refractivity contribution in [3.63, 3.8) is 0 Å². The zero-order valence-electron chi connectivity index (χ0n) is 17.9. The Hall–Kier alpha value is -1.44. The number of aliphatic hydroxyl groups excluding tert-OH is 1. The first-order valence-electron chi connectivity index (χ1n) is 10.7. The third-order valence-corrected chi connectivity index (χ3v) is 8.06. The Bertz CT molecular complexity index is 743. The summed E-state index contributed by atoms with van der Waals surface area (Å²) in [4.78, 5) is 12.7. The first-order chi connectivity index (χ1) is 13.7. The molecule has 0 saturated carbocycles. The van der Waals surface area contributed by atoms with Crippen molar-refractivity contribution in [2.24, 2.45) is 11.3 Å². The van der Waals surface area contributed by atoms with Gasteiger partial charge in [-0.15, -0.1) is 0 Å². The van der Waals surface area contributed by atoms with Gasteiger partial charge < -0.3 is 10.4 Å². The molecular weight excluding hydrogens is 388 g/mol. The summed E-state index contributed by atoms with van der Waals surface area (Å²) < 4.78 is 26.2. The van der Waals surface area contributed by atoms with Gasteiger partial charge in [0.2, 0.25) is 15.9 Å². The van der Waals surface area contributed by atoms with E-state index in [-0.39, 0.29) is 17.6 Å². The zero-order valence-corrected chi connectivity index (χ0v) is 18.7. The molecule has 0 aromatic heterocycles. The highest BCUT2D eigenvalue weighted by Gasteiger charge is 2.34. The Morgan fingerprint density at radius 3 is 2.45 bits per heavy atom. The van der Waals surface area contributed by atoms with E-state index in [0.29, 0.717) is 45.3 Å². The molecule has 2 atom stereocenters. The van der Waals surface area contributed by atoms with Crippen molar-refractivity contribution in [3.8, 4) is 0 Å². The molecule has 1 saturated heterocycles. The Balaban J connectivity index is 1.88. The van der Waals surface area contributed by atoms with Gasteiger partial charge in [0.05, 0.1) is 11.9 Å². The summed E-state index contributed by atoms with van der Waals surface area (Å²) in [5.41, 5.74) is 0.650. The van der Waals surface area contributed by atoms with E-state index in [0.717, 1.165) is 12.0 Å². The van der Waals surface area contributed by atoms with Crippen molar-refractivity contribution in [1.82, 2.24) is 9.62 Å². The number of piperidine rings is 1. The first-order valence-corrected chi connectivity index (χ1v) is 12.3. The molecule has 0 bridgehead atoms. The molecule has 6 nitrogen and oxygen atoms in total. The van der Waals surface area contributed by atoms with Crippen molar-refractivity contribution in [2.75, 3.05) is 25.4 Å². The standard InChI is InChI=1S/C22H36N2O4S/c1-4-5-15-29(27,28)24-13-11-20(12-14-24)21(26)23-17-22(3,18(2)25)16-19-9-7-6-8-10-19/h6-10,18,20,25H,4-5,11-17H2,1-3H3,(H,23,26)/t18-,22+/m0/s1. The Morgan fingerprint density at radius 2 is 1.90 bits per heavy atom. The monoisotopic (exact) mass is 424 g/mol. The predicted molar refractivity (Wildman–Crippen MR) is 116 cm³/mol. The molecule has 1 aliphatic heterocycles. The number of hydrogen-bond acceptors (Lipinski definition) is 4. The summed E-state index contributed by atoms with van der Waals surface area (Å²) in [5, 5.41) is 13.3. The SMILES string of the molecule is CCCCS(=O)(=O)N1CCC(C(=O)NC[C@@](C)(Cc2ccccc2)[C@H](C)O)CC1. The largest absolute Gasteiger partial charge is 0.393 e. The van der Waals surface area contributed by atoms with Gasteiger partial charge >= 0.3 is 0 Å². The number of unbranched alkanes of at least 4 members (excludes halogenated alkanes) is 1. The van der Waals surface area contributed by atoms with Crippen LogP contribution in [0.5, 0.6) is 0 Å². The van der Waals surface area contributed by atoms with Crippen LogP contribution in [0.1, 0.15) is 52.0 Å². The zero-order chi connectivity index (χ0) is 21.5. The van der Waals surface area contributed by atoms with Gasteiger partial charge in [-0.3, -0.25) is 4.79 Å². The number of rotatable bonds is 10. The molecule has 0 spiro atoms. The van der Waals surface area contributed by atoms with Gasteiger partial charge in [0.15, 0.2) is 0 Å². The number of aliphatic hydroxyl groups is 1. The van der Waals surface area contributed by atoms with E-state index in [1.165, 1.54) is 4.31 Å². The second-order valence-corrected chi connectivity index (χ2v) is 10.6. The molecule has 29 heavy (non-hydrogen) atoms. The average molecular weight is 425 g/mol. The Kier molecular flexibility index (Phi) is 8.67. The summed E-state index contributed by atoms with van der Waals surface area (Å²) in [5.74, 6) is -0.0368. The fourth-order valence-electron chi connectivity index (χ4n) is 3.71. The van der Waals surface area contributed by atoms with E-state index in [2.05, 4.69) is 5.32 Å². The molecule has 1 aliphatic rings. The summed E-state index contributed by atoms with van der Waals surface area (Å²) in [6.45, 7) is 6.91. The van der Waals surface area contributed by atoms with Crippen LogP contribution in [0.4, 0.5) is 0 Å². The quantitative estimate of drug-likeness (QED) is 0.604. The van der Waals surface area contributed by atoms with Crippen molar-refractivity contribution in [2.45, 2.75) is 59.0 Å². The highest BCUT2D eigenvalue weighted by Crippen LogP contribution is 2.27. The summed E-state index contributed by atoms with van der Waals surface area (Å²) >= 11 is 0. The van der Waals surface area contributed by atoms with Crippen LogP contribution in [0.25, 0.3) is 0 Å². The second-order valence-electron chi connectivity index (χ2n) is 8.55. The number of nitrogens with zero attached hydrogens (tertiary/aromatic N) is 1. The molecule has 1 fully saturated rings. The molecule has 0 unspecified atom stereocenters. The molecule has 1 heterocycles. The lowest BCUT2D eigenvalue weighted by Crippen LogP contribution is -2.48. The number of carbonyl (C=O) groups excluding carboxylic acids is 1. The highest BCUT2D eigenvalue weighted by molar-refractivity contribution is 7.89. The van der Waals surface area contributed by atoms with Gasteiger partial charge in [0, 0.05) is 31.0 Å². The molecule has 0 radical (unpaired) electrons. The van der Waals surface area contributed by atoms with Crippen LogP contribution in [-0.2, 0) is 21.2 Å². The maximum absolute atomic E-state index is 12.7. The van der Waals surface area contributed by atoms with Crippen LogP contribution >= 0.6 is 0 Å². The predicted octanol–water partition coefficient (Wildman–Crippen LogP) is 2.57. The molecule has 2 rings (SSSR count). The van der Waals surface area contributed by atoms with E-state index in [9.17, 15) is 18.3 Å². The van der Waals surface area contributed by atoms with E-state index in [4.69, 9.17) is 0 Å². The van der Waals surface area contributed by atoms with Gasteiger partial charge in [0.25, 0.3) is 0 Å². The lowest BCUT2D eigenvalue weighted by Gasteiger charge is -2.35. The van der Waals surface area contributed by atoms with Crippen molar-refractivity contribution in [3.05, 3.63) is 35.9 Å². The van der Waals surface area contributed by atoms with Crippen LogP contribution in [-0.4, -0.2) is 55.2 Å². The lowest BCUT2D eigenvalue weighted by atomic mass is 9.79. The number of amides is 1. The number of nitrogens with one attached hydrogen (secondary N) is 1. The van der Waals surface area contributed by atoms with Gasteiger partial charge in [0.1, 0.15) is 0 Å². The van der Waals surface area contributed by atoms with Gasteiger partial charge in [-0.25, -0.2) is 12.7 Å². The molecule has 164 valence electrons. The van der Waals surface area contributed by atoms with Gasteiger partial charge in [-0.2, -0.15) is 0 Å². The van der Waals surface area contributed by atoms with E-state index in [1.807, 2.05) is 44.2 Å². The van der Waals surface area contributed by atoms with Crippen LogP contribution < -0.4 is 5.32 Å². The topological polar surface area (TPSA) is 86.7 Å². The number of carbonyl (C=O) groups is 1. The third kappa shape index (κ3) is 6.79. The molecular formula is C22H36N2O4S. The summed E-state index contributed by atoms with van der Waals surface area (Å²) in [6.07, 6.45) is 2.70. The number of sulfonamides is 1. The van der Waals surface area contributed by atoms with Gasteiger partial charge in [-0.05, 0) is 38.2 Å². The molecule has 1 aromatic carbocycles. The maximum atomic E-state index is 12.7. The van der Waals surface area contributed by atoms with Gasteiger partial charge in [-0.1, -0.05) is 50.6 Å². The summed E-state index contributed by atoms with van der Waals surface area (Å²) in [7, 11) is -3.21. The van der Waals surface area contributed by atoms with E-state index >= 15 is 0 Å². The van der Waals surface area contributed by atoms with E-state index < -0.39 is 21.5 Å². The first kappa shape index (κ1) is 23.8. The molecule has 1 amide bonds. The van der Waals surface area contributed by atoms with Crippen LogP contribution in [0.3, 0.4) is 0 Å². The normalized spacial score (nSPS) is 19.4. The Labute approximate surface area is 175 Å². The number of benzene rings is 1. The number of hydrogen-bond donors (Lipinski definition) is 2.